The number of thiocarbonyl (C=S) groups is 1. The summed E-state index contributed by atoms with van der Waals surface area (Å²) < 4.78 is 11.3. The number of hydrogen-bond donors (Lipinski definition) is 2. The molecule has 2 N–H and O–H groups in total. The van der Waals surface area contributed by atoms with Gasteiger partial charge in [0.2, 0.25) is 11.8 Å². The van der Waals surface area contributed by atoms with E-state index in [1.54, 1.807) is 7.11 Å². The molecule has 1 aliphatic heterocycles. The molecule has 0 spiro atoms. The van der Waals surface area contributed by atoms with E-state index in [9.17, 15) is 0 Å². The topological polar surface area (TPSA) is 75.5 Å². The van der Waals surface area contributed by atoms with Crippen LogP contribution in [0.5, 0.6) is 5.88 Å². The summed E-state index contributed by atoms with van der Waals surface area (Å²) in [7, 11) is 1.59. The molecule has 2 aromatic heterocycles. The third-order valence-corrected chi connectivity index (χ3v) is 5.68. The average Bonchev–Trinajstić information content (AvgIpc) is 3.50. The summed E-state index contributed by atoms with van der Waals surface area (Å²) in [5.41, 5.74) is 3.64. The smallest absolute Gasteiger partial charge is 0.234 e. The largest absolute Gasteiger partial charge is 0.481 e. The molecule has 1 aliphatic rings. The summed E-state index contributed by atoms with van der Waals surface area (Å²) in [6.45, 7) is 2.03. The Bertz CT molecular complexity index is 1250. The van der Waals surface area contributed by atoms with Gasteiger partial charge in [-0.1, -0.05) is 54.6 Å². The average molecular weight is 458 g/mol. The molecule has 3 heterocycles. The fourth-order valence-corrected chi connectivity index (χ4v) is 3.94. The molecule has 8 heteroatoms. The number of methoxy groups -OCH3 is 1. The Morgan fingerprint density at radius 1 is 1.00 bits per heavy atom. The molecule has 0 saturated carbocycles. The van der Waals surface area contributed by atoms with Crippen LogP contribution in [0, 0.1) is 0 Å². The minimum atomic E-state index is 0.377. The van der Waals surface area contributed by atoms with E-state index in [0.717, 1.165) is 36.0 Å². The first-order valence-corrected chi connectivity index (χ1v) is 11.0. The van der Waals surface area contributed by atoms with Crippen molar-refractivity contribution < 1.29 is 9.15 Å². The van der Waals surface area contributed by atoms with Gasteiger partial charge in [0.25, 0.3) is 0 Å². The third-order valence-electron chi connectivity index (χ3n) is 5.43. The number of fused-ring (bicyclic) bond motifs is 1. The summed E-state index contributed by atoms with van der Waals surface area (Å²) >= 11 is 5.45. The monoisotopic (exact) mass is 457 g/mol. The zero-order valence-corrected chi connectivity index (χ0v) is 18.9. The van der Waals surface area contributed by atoms with Crippen molar-refractivity contribution >= 4 is 29.1 Å². The lowest BCUT2D eigenvalue weighted by Crippen LogP contribution is -2.29. The third kappa shape index (κ3) is 4.80. The fraction of sp³-hybridized carbons (Fsp3) is 0.160. The maximum absolute atomic E-state index is 5.92. The van der Waals surface area contributed by atoms with E-state index in [2.05, 4.69) is 49.8 Å². The van der Waals surface area contributed by atoms with Gasteiger partial charge >= 0.3 is 0 Å². The normalized spacial score (nSPS) is 12.3. The molecule has 2 aromatic carbocycles. The summed E-state index contributed by atoms with van der Waals surface area (Å²) in [5.74, 6) is 3.22. The minimum Gasteiger partial charge on any atom is -0.481 e. The maximum atomic E-state index is 5.92. The van der Waals surface area contributed by atoms with Gasteiger partial charge in [0.05, 0.1) is 13.7 Å². The Morgan fingerprint density at radius 2 is 1.73 bits per heavy atom. The van der Waals surface area contributed by atoms with Gasteiger partial charge in [0.1, 0.15) is 17.3 Å². The molecule has 0 aliphatic carbocycles. The van der Waals surface area contributed by atoms with Crippen LogP contribution in [0.25, 0.3) is 11.3 Å². The number of benzene rings is 2. The van der Waals surface area contributed by atoms with Crippen LogP contribution < -0.4 is 20.3 Å². The predicted octanol–water partition coefficient (Wildman–Crippen LogP) is 4.75. The van der Waals surface area contributed by atoms with Gasteiger partial charge in [-0.2, -0.15) is 9.97 Å². The predicted molar refractivity (Wildman–Crippen MR) is 132 cm³/mol. The van der Waals surface area contributed by atoms with Crippen molar-refractivity contribution in [2.45, 2.75) is 19.6 Å². The lowest BCUT2D eigenvalue weighted by Gasteiger charge is -2.18. The summed E-state index contributed by atoms with van der Waals surface area (Å²) in [6, 6.07) is 24.1. The Balaban J connectivity index is 1.23. The van der Waals surface area contributed by atoms with E-state index in [0.29, 0.717) is 23.5 Å². The highest BCUT2D eigenvalue weighted by Crippen LogP contribution is 2.29. The number of aromatic nitrogens is 2. The van der Waals surface area contributed by atoms with Crippen LogP contribution >= 0.6 is 12.2 Å². The summed E-state index contributed by atoms with van der Waals surface area (Å²) in [6.07, 6.45) is 0. The molecule has 0 bridgehead atoms. The van der Waals surface area contributed by atoms with Crippen LogP contribution in [0.15, 0.2) is 77.2 Å². The van der Waals surface area contributed by atoms with E-state index >= 15 is 0 Å². The van der Waals surface area contributed by atoms with E-state index in [4.69, 9.17) is 21.4 Å². The van der Waals surface area contributed by atoms with Crippen LogP contribution in [0.3, 0.4) is 0 Å². The van der Waals surface area contributed by atoms with Gasteiger partial charge in [-0.15, -0.1) is 0 Å². The van der Waals surface area contributed by atoms with Gasteiger partial charge in [-0.3, -0.25) is 0 Å². The number of nitrogens with one attached hydrogen (secondary N) is 2. The molecule has 7 nitrogen and oxygen atoms in total. The van der Waals surface area contributed by atoms with Gasteiger partial charge in [0.15, 0.2) is 5.11 Å². The van der Waals surface area contributed by atoms with E-state index in [-0.39, 0.29) is 0 Å². The molecule has 0 saturated heterocycles. The van der Waals surface area contributed by atoms with Gasteiger partial charge in [0, 0.05) is 24.7 Å². The molecule has 4 aromatic rings. The van der Waals surface area contributed by atoms with Crippen molar-refractivity contribution in [2.24, 2.45) is 0 Å². The zero-order valence-electron chi connectivity index (χ0n) is 18.1. The molecule has 5 rings (SSSR count). The molecular weight excluding hydrogens is 434 g/mol. The molecule has 0 amide bonds. The van der Waals surface area contributed by atoms with Crippen LogP contribution in [-0.4, -0.2) is 22.2 Å². The number of furan rings is 1. The molecular formula is C25H23N5O2S. The van der Waals surface area contributed by atoms with Crippen LogP contribution in [0.2, 0.25) is 0 Å². The molecule has 0 radical (unpaired) electrons. The zero-order chi connectivity index (χ0) is 22.6. The Hall–Kier alpha value is -3.91. The van der Waals surface area contributed by atoms with Crippen molar-refractivity contribution in [1.82, 2.24) is 15.3 Å². The minimum absolute atomic E-state index is 0.377. The Kier molecular flexibility index (Phi) is 5.91. The molecule has 166 valence electrons. The summed E-state index contributed by atoms with van der Waals surface area (Å²) in [4.78, 5) is 11.2. The maximum Gasteiger partial charge on any atom is 0.234 e. The molecule has 0 atom stereocenters. The Morgan fingerprint density at radius 3 is 2.45 bits per heavy atom. The van der Waals surface area contributed by atoms with Crippen molar-refractivity contribution in [1.29, 1.82) is 0 Å². The van der Waals surface area contributed by atoms with Gasteiger partial charge < -0.3 is 24.7 Å². The first-order chi connectivity index (χ1) is 16.2. The highest BCUT2D eigenvalue weighted by Gasteiger charge is 2.21. The second-order valence-electron chi connectivity index (χ2n) is 7.66. The fourth-order valence-electron chi connectivity index (χ4n) is 3.77. The number of anilines is 2. The van der Waals surface area contributed by atoms with Gasteiger partial charge in [-0.05, 0) is 35.5 Å². The van der Waals surface area contributed by atoms with Gasteiger partial charge in [-0.25, -0.2) is 0 Å². The van der Waals surface area contributed by atoms with Crippen LogP contribution in [-0.2, 0) is 19.6 Å². The van der Waals surface area contributed by atoms with E-state index in [1.807, 2.05) is 48.5 Å². The number of rotatable bonds is 6. The lowest BCUT2D eigenvalue weighted by atomic mass is 10.1. The molecule has 0 fully saturated rings. The first kappa shape index (κ1) is 21.0. The van der Waals surface area contributed by atoms with Crippen LogP contribution in [0.1, 0.15) is 16.9 Å². The van der Waals surface area contributed by atoms with Crippen molar-refractivity contribution in [3.8, 4) is 17.2 Å². The van der Waals surface area contributed by atoms with Crippen molar-refractivity contribution in [3.05, 3.63) is 89.7 Å². The van der Waals surface area contributed by atoms with Crippen molar-refractivity contribution in [3.63, 3.8) is 0 Å². The second kappa shape index (κ2) is 9.30. The first-order valence-electron chi connectivity index (χ1n) is 10.6. The SMILES string of the molecule is COc1cc(N2Cc3ccccc3C2)nc(NC(=S)NCc2ccc(-c3ccccc3)o2)n1. The summed E-state index contributed by atoms with van der Waals surface area (Å²) in [5, 5.41) is 6.60. The van der Waals surface area contributed by atoms with Crippen molar-refractivity contribution in [2.75, 3.05) is 17.3 Å². The number of hydrogen-bond acceptors (Lipinski definition) is 6. The van der Waals surface area contributed by atoms with Crippen LogP contribution in [0.4, 0.5) is 11.8 Å². The quantitative estimate of drug-likeness (QED) is 0.402. The lowest BCUT2D eigenvalue weighted by molar-refractivity contribution is 0.397. The standard InChI is InChI=1S/C25H23N5O2S/c1-31-23-13-22(30-15-18-9-5-6-10-19(18)16-30)27-24(28-23)29-25(33)26-14-20-11-12-21(32-20)17-7-3-2-4-8-17/h2-13H,14-16H2,1H3,(H2,26,27,28,29,33). The molecule has 0 unspecified atom stereocenters. The highest BCUT2D eigenvalue weighted by atomic mass is 32.1. The Labute approximate surface area is 197 Å². The second-order valence-corrected chi connectivity index (χ2v) is 8.06. The van der Waals surface area contributed by atoms with E-state index < -0.39 is 0 Å². The highest BCUT2D eigenvalue weighted by molar-refractivity contribution is 7.80. The molecule has 33 heavy (non-hydrogen) atoms. The number of nitrogens with zero attached hydrogens (tertiary/aromatic N) is 3. The number of ether oxygens (including phenoxy) is 1. The van der Waals surface area contributed by atoms with E-state index in [1.165, 1.54) is 11.1 Å².